The molecule has 0 radical (unpaired) electrons. The lowest BCUT2D eigenvalue weighted by Gasteiger charge is -2.07. The van der Waals surface area contributed by atoms with Gasteiger partial charge in [0.2, 0.25) is 5.91 Å². The average molecular weight is 361 g/mol. The van der Waals surface area contributed by atoms with Crippen LogP contribution in [0.25, 0.3) is 6.08 Å². The minimum Gasteiger partial charge on any atom is -0.323 e. The summed E-state index contributed by atoms with van der Waals surface area (Å²) in [7, 11) is 0. The van der Waals surface area contributed by atoms with Gasteiger partial charge in [-0.25, -0.2) is 0 Å². The highest BCUT2D eigenvalue weighted by Gasteiger charge is 2.31. The number of anilines is 1. The third kappa shape index (κ3) is 4.97. The predicted molar refractivity (Wildman–Crippen MR) is 83.4 cm³/mol. The van der Waals surface area contributed by atoms with Gasteiger partial charge in [-0.05, 0) is 36.4 Å². The van der Waals surface area contributed by atoms with Crippen molar-refractivity contribution in [3.05, 3.63) is 63.9 Å². The Morgan fingerprint density at radius 3 is 2.39 bits per heavy atom. The maximum Gasteiger partial charge on any atom is 0.417 e. The van der Waals surface area contributed by atoms with E-state index in [-0.39, 0.29) is 10.7 Å². The molecule has 0 saturated heterocycles. The maximum atomic E-state index is 12.5. The molecule has 0 bridgehead atoms. The van der Waals surface area contributed by atoms with Crippen LogP contribution in [0.2, 0.25) is 10.0 Å². The zero-order valence-corrected chi connectivity index (χ0v) is 12.9. The van der Waals surface area contributed by atoms with Crippen molar-refractivity contribution < 1.29 is 18.0 Å². The number of nitrogens with zero attached hydrogens (tertiary/aromatic N) is 1. The van der Waals surface area contributed by atoms with Crippen LogP contribution in [0, 0.1) is 0 Å². The SMILES string of the molecule is O=C(/C=C\c1ncc(C(F)(F)F)cc1Cl)Nc1ccc(Cl)cc1. The van der Waals surface area contributed by atoms with Gasteiger partial charge < -0.3 is 5.32 Å². The number of rotatable bonds is 3. The maximum absolute atomic E-state index is 12.5. The van der Waals surface area contributed by atoms with Crippen molar-refractivity contribution >= 4 is 40.9 Å². The quantitative estimate of drug-likeness (QED) is 0.777. The smallest absolute Gasteiger partial charge is 0.323 e. The van der Waals surface area contributed by atoms with Gasteiger partial charge in [0.15, 0.2) is 0 Å². The summed E-state index contributed by atoms with van der Waals surface area (Å²) in [5.41, 5.74) is -0.369. The second kappa shape index (κ2) is 7.02. The van der Waals surface area contributed by atoms with E-state index in [1.165, 1.54) is 6.08 Å². The molecule has 0 spiro atoms. The van der Waals surface area contributed by atoms with Crippen LogP contribution in [-0.4, -0.2) is 10.9 Å². The van der Waals surface area contributed by atoms with Crippen LogP contribution >= 0.6 is 23.2 Å². The fourth-order valence-electron chi connectivity index (χ4n) is 1.60. The zero-order chi connectivity index (χ0) is 17.0. The monoisotopic (exact) mass is 360 g/mol. The van der Waals surface area contributed by atoms with E-state index in [0.29, 0.717) is 16.9 Å². The summed E-state index contributed by atoms with van der Waals surface area (Å²) in [6.45, 7) is 0. The van der Waals surface area contributed by atoms with Crippen molar-refractivity contribution in [3.63, 3.8) is 0 Å². The van der Waals surface area contributed by atoms with E-state index < -0.39 is 17.6 Å². The van der Waals surface area contributed by atoms with Crippen LogP contribution in [0.4, 0.5) is 18.9 Å². The molecule has 0 aliphatic carbocycles. The van der Waals surface area contributed by atoms with E-state index >= 15 is 0 Å². The number of hydrogen-bond donors (Lipinski definition) is 1. The minimum atomic E-state index is -4.52. The second-order valence-corrected chi connectivity index (χ2v) is 5.26. The Kier molecular flexibility index (Phi) is 5.28. The van der Waals surface area contributed by atoms with Crippen molar-refractivity contribution in [2.75, 3.05) is 5.32 Å². The molecule has 23 heavy (non-hydrogen) atoms. The molecular weight excluding hydrogens is 352 g/mol. The molecule has 8 heteroatoms. The van der Waals surface area contributed by atoms with Crippen LogP contribution in [0.3, 0.4) is 0 Å². The first-order valence-corrected chi connectivity index (χ1v) is 6.98. The van der Waals surface area contributed by atoms with E-state index in [9.17, 15) is 18.0 Å². The third-order valence-electron chi connectivity index (χ3n) is 2.70. The van der Waals surface area contributed by atoms with Gasteiger partial charge in [0.25, 0.3) is 0 Å². The highest BCUT2D eigenvalue weighted by atomic mass is 35.5. The second-order valence-electron chi connectivity index (χ2n) is 4.42. The van der Waals surface area contributed by atoms with Gasteiger partial charge in [0.1, 0.15) is 0 Å². The van der Waals surface area contributed by atoms with Gasteiger partial charge in [0, 0.05) is 23.0 Å². The normalized spacial score (nSPS) is 11.7. The predicted octanol–water partition coefficient (Wildman–Crippen LogP) is 5.06. The van der Waals surface area contributed by atoms with Crippen LogP contribution in [0.15, 0.2) is 42.6 Å². The largest absolute Gasteiger partial charge is 0.417 e. The summed E-state index contributed by atoms with van der Waals surface area (Å²) in [6.07, 6.45) is -1.52. The van der Waals surface area contributed by atoms with Crippen molar-refractivity contribution in [1.29, 1.82) is 0 Å². The summed E-state index contributed by atoms with van der Waals surface area (Å²) in [4.78, 5) is 15.3. The first-order chi connectivity index (χ1) is 10.8. The lowest BCUT2D eigenvalue weighted by molar-refractivity contribution is -0.137. The van der Waals surface area contributed by atoms with Gasteiger partial charge in [-0.2, -0.15) is 13.2 Å². The van der Waals surface area contributed by atoms with Crippen LogP contribution in [0.1, 0.15) is 11.3 Å². The van der Waals surface area contributed by atoms with Gasteiger partial charge in [-0.15, -0.1) is 0 Å². The average Bonchev–Trinajstić information content (AvgIpc) is 2.47. The number of hydrogen-bond acceptors (Lipinski definition) is 2. The van der Waals surface area contributed by atoms with Gasteiger partial charge in [-0.1, -0.05) is 23.2 Å². The molecule has 0 atom stereocenters. The Bertz CT molecular complexity index is 743. The van der Waals surface area contributed by atoms with Crippen LogP contribution in [0.5, 0.6) is 0 Å². The number of carbonyl (C=O) groups is 1. The Hall–Kier alpha value is -2.05. The molecule has 1 aromatic heterocycles. The summed E-state index contributed by atoms with van der Waals surface area (Å²) < 4.78 is 37.5. The summed E-state index contributed by atoms with van der Waals surface area (Å²) in [5, 5.41) is 2.89. The van der Waals surface area contributed by atoms with Crippen molar-refractivity contribution in [3.8, 4) is 0 Å². The number of benzene rings is 1. The van der Waals surface area contributed by atoms with E-state index in [1.54, 1.807) is 24.3 Å². The van der Waals surface area contributed by atoms with Crippen molar-refractivity contribution in [2.24, 2.45) is 0 Å². The molecule has 0 fully saturated rings. The highest BCUT2D eigenvalue weighted by molar-refractivity contribution is 6.32. The number of pyridine rings is 1. The molecular formula is C15H9Cl2F3N2O. The summed E-state index contributed by atoms with van der Waals surface area (Å²) in [6, 6.07) is 7.19. The fourth-order valence-corrected chi connectivity index (χ4v) is 1.95. The topological polar surface area (TPSA) is 42.0 Å². The number of halogens is 5. The van der Waals surface area contributed by atoms with Crippen LogP contribution in [-0.2, 0) is 11.0 Å². The first kappa shape index (κ1) is 17.3. The molecule has 3 nitrogen and oxygen atoms in total. The molecule has 0 unspecified atom stereocenters. The number of alkyl halides is 3. The van der Waals surface area contributed by atoms with E-state index in [2.05, 4.69) is 10.3 Å². The molecule has 1 N–H and O–H groups in total. The number of nitrogens with one attached hydrogen (secondary N) is 1. The van der Waals surface area contributed by atoms with Gasteiger partial charge >= 0.3 is 6.18 Å². The molecule has 1 heterocycles. The Balaban J connectivity index is 2.07. The molecule has 1 amide bonds. The molecule has 2 aromatic rings. The third-order valence-corrected chi connectivity index (χ3v) is 3.26. The van der Waals surface area contributed by atoms with Gasteiger partial charge in [0.05, 0.1) is 16.3 Å². The Labute approximate surface area is 139 Å². The zero-order valence-electron chi connectivity index (χ0n) is 11.4. The van der Waals surface area contributed by atoms with E-state index in [4.69, 9.17) is 23.2 Å². The lowest BCUT2D eigenvalue weighted by Crippen LogP contribution is -2.08. The Morgan fingerprint density at radius 2 is 1.83 bits per heavy atom. The summed E-state index contributed by atoms with van der Waals surface area (Å²) in [5.74, 6) is -0.481. The number of amides is 1. The van der Waals surface area contributed by atoms with E-state index in [0.717, 1.165) is 12.1 Å². The standard InChI is InChI=1S/C15H9Cl2F3N2O/c16-10-1-3-11(4-2-10)22-14(23)6-5-13-12(17)7-9(8-21-13)15(18,19)20/h1-8H,(H,22,23)/b6-5-. The number of aromatic nitrogens is 1. The molecule has 0 saturated carbocycles. The number of carbonyl (C=O) groups excluding carboxylic acids is 1. The lowest BCUT2D eigenvalue weighted by atomic mass is 10.2. The van der Waals surface area contributed by atoms with E-state index in [1.807, 2.05) is 0 Å². The molecule has 120 valence electrons. The highest BCUT2D eigenvalue weighted by Crippen LogP contribution is 2.31. The molecule has 2 rings (SSSR count). The Morgan fingerprint density at radius 1 is 1.17 bits per heavy atom. The van der Waals surface area contributed by atoms with Crippen molar-refractivity contribution in [2.45, 2.75) is 6.18 Å². The molecule has 0 aliphatic heterocycles. The fraction of sp³-hybridized carbons (Fsp3) is 0.0667. The van der Waals surface area contributed by atoms with Crippen LogP contribution < -0.4 is 5.32 Å². The minimum absolute atomic E-state index is 0.0610. The molecule has 0 aliphatic rings. The van der Waals surface area contributed by atoms with Gasteiger partial charge in [-0.3, -0.25) is 9.78 Å². The van der Waals surface area contributed by atoms with Crippen molar-refractivity contribution in [1.82, 2.24) is 4.98 Å². The summed E-state index contributed by atoms with van der Waals surface area (Å²) >= 11 is 11.5. The first-order valence-electron chi connectivity index (χ1n) is 6.23. The molecule has 1 aromatic carbocycles.